The molecular weight excluding hydrogens is 338 g/mol. The summed E-state index contributed by atoms with van der Waals surface area (Å²) in [7, 11) is 0. The summed E-state index contributed by atoms with van der Waals surface area (Å²) in [5.41, 5.74) is 3.40. The highest BCUT2D eigenvalue weighted by molar-refractivity contribution is 5.83. The first-order valence-corrected chi connectivity index (χ1v) is 9.66. The van der Waals surface area contributed by atoms with E-state index in [0.717, 1.165) is 18.4 Å². The first-order valence-electron chi connectivity index (χ1n) is 9.66. The van der Waals surface area contributed by atoms with Gasteiger partial charge < -0.3 is 9.64 Å². The molecule has 27 heavy (non-hydrogen) atoms. The predicted molar refractivity (Wildman–Crippen MR) is 105 cm³/mol. The highest BCUT2D eigenvalue weighted by Crippen LogP contribution is 2.28. The molecule has 1 heterocycles. The van der Waals surface area contributed by atoms with Crippen LogP contribution in [0.25, 0.3) is 0 Å². The molecule has 4 heteroatoms. The number of fused-ring (bicyclic) bond motifs is 1. The largest absolute Gasteiger partial charge is 0.455 e. The summed E-state index contributed by atoms with van der Waals surface area (Å²) < 4.78 is 5.45. The van der Waals surface area contributed by atoms with Crippen molar-refractivity contribution < 1.29 is 14.3 Å². The van der Waals surface area contributed by atoms with Gasteiger partial charge >= 0.3 is 5.97 Å². The molecular formula is C23H27NO3. The number of hydrogen-bond acceptors (Lipinski definition) is 3. The van der Waals surface area contributed by atoms with Crippen molar-refractivity contribution in [1.82, 2.24) is 4.90 Å². The Balaban J connectivity index is 1.61. The van der Waals surface area contributed by atoms with Crippen LogP contribution in [0, 0.1) is 5.92 Å². The van der Waals surface area contributed by atoms with Gasteiger partial charge in [-0.15, -0.1) is 0 Å². The van der Waals surface area contributed by atoms with E-state index >= 15 is 0 Å². The van der Waals surface area contributed by atoms with Crippen molar-refractivity contribution in [1.29, 1.82) is 0 Å². The summed E-state index contributed by atoms with van der Waals surface area (Å²) in [4.78, 5) is 27.1. The fraction of sp³-hybridized carbons (Fsp3) is 0.391. The molecule has 0 bridgehead atoms. The Morgan fingerprint density at radius 1 is 1.04 bits per heavy atom. The van der Waals surface area contributed by atoms with Crippen LogP contribution in [0.2, 0.25) is 0 Å². The van der Waals surface area contributed by atoms with Gasteiger partial charge in [-0.3, -0.25) is 9.59 Å². The Labute approximate surface area is 161 Å². The maximum absolute atomic E-state index is 12.7. The number of carbonyl (C=O) groups is 2. The van der Waals surface area contributed by atoms with Gasteiger partial charge in [0.05, 0.1) is 5.92 Å². The average molecular weight is 365 g/mol. The topological polar surface area (TPSA) is 46.6 Å². The quantitative estimate of drug-likeness (QED) is 0.729. The van der Waals surface area contributed by atoms with E-state index in [1.165, 1.54) is 11.1 Å². The van der Waals surface area contributed by atoms with Gasteiger partial charge in [-0.25, -0.2) is 0 Å². The van der Waals surface area contributed by atoms with Crippen LogP contribution in [-0.2, 0) is 27.3 Å². The van der Waals surface area contributed by atoms with Crippen LogP contribution in [0.5, 0.6) is 0 Å². The van der Waals surface area contributed by atoms with Crippen molar-refractivity contribution in [3.05, 3.63) is 71.3 Å². The van der Waals surface area contributed by atoms with Gasteiger partial charge in [0.15, 0.2) is 6.61 Å². The van der Waals surface area contributed by atoms with Gasteiger partial charge in [0.1, 0.15) is 0 Å². The van der Waals surface area contributed by atoms with Crippen molar-refractivity contribution in [2.75, 3.05) is 13.2 Å². The molecule has 1 aliphatic rings. The number of amides is 1. The van der Waals surface area contributed by atoms with Gasteiger partial charge in [0, 0.05) is 13.1 Å². The third kappa shape index (κ3) is 4.57. The van der Waals surface area contributed by atoms with Crippen LogP contribution in [-0.4, -0.2) is 29.9 Å². The van der Waals surface area contributed by atoms with Crippen LogP contribution >= 0.6 is 0 Å². The van der Waals surface area contributed by atoms with E-state index < -0.39 is 0 Å². The second kappa shape index (κ2) is 8.85. The van der Waals surface area contributed by atoms with Crippen molar-refractivity contribution in [3.63, 3.8) is 0 Å². The lowest BCUT2D eigenvalue weighted by molar-refractivity contribution is -0.154. The van der Waals surface area contributed by atoms with Crippen molar-refractivity contribution >= 4 is 11.9 Å². The Morgan fingerprint density at radius 3 is 2.41 bits per heavy atom. The first kappa shape index (κ1) is 19.2. The summed E-state index contributed by atoms with van der Waals surface area (Å²) >= 11 is 0. The van der Waals surface area contributed by atoms with Crippen LogP contribution in [0.1, 0.15) is 42.9 Å². The number of esters is 1. The van der Waals surface area contributed by atoms with E-state index in [-0.39, 0.29) is 30.3 Å². The molecule has 1 amide bonds. The van der Waals surface area contributed by atoms with E-state index in [2.05, 4.69) is 19.1 Å². The SMILES string of the molecule is CCC(C)C(C(=O)OCC(=O)N1CCc2ccccc2C1)c1ccccc1. The standard InChI is InChI=1S/C23H27NO3/c1-3-17(2)22(19-10-5-4-6-11-19)23(26)27-16-21(25)24-14-13-18-9-7-8-12-20(18)15-24/h4-12,17,22H,3,13-16H2,1-2H3. The predicted octanol–water partition coefficient (Wildman–Crippen LogP) is 3.94. The normalized spacial score (nSPS) is 15.6. The molecule has 1 aliphatic heterocycles. The second-order valence-electron chi connectivity index (χ2n) is 7.22. The van der Waals surface area contributed by atoms with Crippen molar-refractivity contribution in [2.24, 2.45) is 5.92 Å². The lowest BCUT2D eigenvalue weighted by Crippen LogP contribution is -2.39. The van der Waals surface area contributed by atoms with Gasteiger partial charge in [0.2, 0.25) is 0 Å². The molecule has 3 rings (SSSR count). The van der Waals surface area contributed by atoms with E-state index in [1.807, 2.05) is 49.4 Å². The zero-order valence-corrected chi connectivity index (χ0v) is 16.1. The molecule has 142 valence electrons. The summed E-state index contributed by atoms with van der Waals surface area (Å²) in [6, 6.07) is 17.8. The Bertz CT molecular complexity index is 787. The molecule has 0 N–H and O–H groups in total. The zero-order valence-electron chi connectivity index (χ0n) is 16.1. The molecule has 0 saturated heterocycles. The highest BCUT2D eigenvalue weighted by Gasteiger charge is 2.29. The summed E-state index contributed by atoms with van der Waals surface area (Å²) in [5.74, 6) is -0.641. The van der Waals surface area contributed by atoms with Crippen molar-refractivity contribution in [3.8, 4) is 0 Å². The first-order chi connectivity index (χ1) is 13.1. The summed E-state index contributed by atoms with van der Waals surface area (Å²) in [5, 5.41) is 0. The summed E-state index contributed by atoms with van der Waals surface area (Å²) in [6.07, 6.45) is 1.71. The minimum atomic E-state index is -0.342. The molecule has 0 saturated carbocycles. The number of nitrogens with zero attached hydrogens (tertiary/aromatic N) is 1. The molecule has 0 spiro atoms. The number of hydrogen-bond donors (Lipinski definition) is 0. The number of rotatable bonds is 6. The van der Waals surface area contributed by atoms with E-state index in [9.17, 15) is 9.59 Å². The smallest absolute Gasteiger partial charge is 0.314 e. The van der Waals surface area contributed by atoms with Crippen LogP contribution in [0.4, 0.5) is 0 Å². The van der Waals surface area contributed by atoms with E-state index in [1.54, 1.807) is 4.90 Å². The molecule has 0 radical (unpaired) electrons. The minimum Gasteiger partial charge on any atom is -0.455 e. The Kier molecular flexibility index (Phi) is 6.28. The molecule has 0 aromatic heterocycles. The fourth-order valence-corrected chi connectivity index (χ4v) is 3.62. The maximum atomic E-state index is 12.7. The highest BCUT2D eigenvalue weighted by atomic mass is 16.5. The van der Waals surface area contributed by atoms with E-state index in [0.29, 0.717) is 13.1 Å². The molecule has 2 aromatic carbocycles. The zero-order chi connectivity index (χ0) is 19.2. The number of ether oxygens (including phenoxy) is 1. The van der Waals surface area contributed by atoms with E-state index in [4.69, 9.17) is 4.74 Å². The monoisotopic (exact) mass is 365 g/mol. The van der Waals surface area contributed by atoms with Gasteiger partial charge in [-0.1, -0.05) is 74.9 Å². The summed E-state index contributed by atoms with van der Waals surface area (Å²) in [6.45, 7) is 5.16. The van der Waals surface area contributed by atoms with Crippen LogP contribution in [0.15, 0.2) is 54.6 Å². The Morgan fingerprint density at radius 2 is 1.70 bits per heavy atom. The molecule has 2 atom stereocenters. The molecule has 2 unspecified atom stereocenters. The molecule has 2 aromatic rings. The van der Waals surface area contributed by atoms with Gasteiger partial charge in [0.25, 0.3) is 5.91 Å². The van der Waals surface area contributed by atoms with Gasteiger partial charge in [-0.05, 0) is 29.0 Å². The third-order valence-electron chi connectivity index (χ3n) is 5.45. The lowest BCUT2D eigenvalue weighted by Gasteiger charge is -2.29. The van der Waals surface area contributed by atoms with Gasteiger partial charge in [-0.2, -0.15) is 0 Å². The second-order valence-corrected chi connectivity index (χ2v) is 7.22. The Hall–Kier alpha value is -2.62. The lowest BCUT2D eigenvalue weighted by atomic mass is 9.86. The molecule has 0 aliphatic carbocycles. The number of benzene rings is 2. The van der Waals surface area contributed by atoms with Crippen LogP contribution in [0.3, 0.4) is 0 Å². The van der Waals surface area contributed by atoms with Crippen LogP contribution < -0.4 is 0 Å². The van der Waals surface area contributed by atoms with Crippen molar-refractivity contribution in [2.45, 2.75) is 39.2 Å². The number of carbonyl (C=O) groups excluding carboxylic acids is 2. The average Bonchev–Trinajstić information content (AvgIpc) is 2.72. The maximum Gasteiger partial charge on any atom is 0.314 e. The fourth-order valence-electron chi connectivity index (χ4n) is 3.62. The third-order valence-corrected chi connectivity index (χ3v) is 5.45. The molecule has 0 fully saturated rings. The minimum absolute atomic E-state index is 0.131. The molecule has 4 nitrogen and oxygen atoms in total.